The number of likely N-dealkylation sites (N-methyl/N-ethyl adjacent to an activating group) is 1. The largest absolute Gasteiger partial charge is 0.462 e. The molecule has 1 aliphatic carbocycles. The summed E-state index contributed by atoms with van der Waals surface area (Å²) in [7, 11) is 2.13. The molecule has 4 aliphatic rings. The molecule has 2 atom stereocenters. The van der Waals surface area contributed by atoms with Crippen LogP contribution < -0.4 is 14.5 Å². The fourth-order valence-corrected chi connectivity index (χ4v) is 7.35. The second-order valence-electron chi connectivity index (χ2n) is 12.6. The van der Waals surface area contributed by atoms with Crippen LogP contribution in [0.2, 0.25) is 0 Å². The predicted octanol–water partition coefficient (Wildman–Crippen LogP) is 3.53. The van der Waals surface area contributed by atoms with E-state index < -0.39 is 17.8 Å². The van der Waals surface area contributed by atoms with Crippen molar-refractivity contribution in [3.63, 3.8) is 0 Å². The fraction of sp³-hybridized carbons (Fsp3) is 0.594. The Balaban J connectivity index is 1.25. The molecule has 43 heavy (non-hydrogen) atoms. The SMILES string of the molecule is C=C(F)C(=O)N1CCN(c2nc(OC[C@@H]3CCCN3C)nc3c2CCC2(CCN(c4ccccn4)CC2)C3)C[C@@H]1CC#N. The van der Waals surface area contributed by atoms with Gasteiger partial charge in [-0.25, -0.2) is 9.37 Å². The molecule has 5 heterocycles. The van der Waals surface area contributed by atoms with Crippen molar-refractivity contribution in [3.05, 3.63) is 48.1 Å². The van der Waals surface area contributed by atoms with E-state index >= 15 is 0 Å². The Morgan fingerprint density at radius 1 is 1.14 bits per heavy atom. The molecule has 0 radical (unpaired) electrons. The van der Waals surface area contributed by atoms with Crippen LogP contribution in [-0.2, 0) is 17.6 Å². The fourth-order valence-electron chi connectivity index (χ4n) is 7.35. The zero-order valence-electron chi connectivity index (χ0n) is 25.0. The highest BCUT2D eigenvalue weighted by Gasteiger charge is 2.41. The number of halogens is 1. The number of likely N-dealkylation sites (tertiary alicyclic amines) is 1. The lowest BCUT2D eigenvalue weighted by atomic mass is 9.67. The number of amides is 1. The van der Waals surface area contributed by atoms with E-state index in [0.717, 1.165) is 87.5 Å². The second-order valence-corrected chi connectivity index (χ2v) is 12.6. The van der Waals surface area contributed by atoms with Crippen LogP contribution >= 0.6 is 0 Å². The molecular formula is C32H41FN8O2. The Kier molecular flexibility index (Phi) is 8.48. The summed E-state index contributed by atoms with van der Waals surface area (Å²) < 4.78 is 20.1. The van der Waals surface area contributed by atoms with E-state index in [4.69, 9.17) is 14.7 Å². The third-order valence-electron chi connectivity index (χ3n) is 9.97. The van der Waals surface area contributed by atoms with Gasteiger partial charge < -0.3 is 24.3 Å². The number of aromatic nitrogens is 3. The van der Waals surface area contributed by atoms with Crippen molar-refractivity contribution in [1.29, 1.82) is 5.26 Å². The van der Waals surface area contributed by atoms with Crippen molar-refractivity contribution < 1.29 is 13.9 Å². The van der Waals surface area contributed by atoms with Crippen LogP contribution in [0.1, 0.15) is 49.8 Å². The van der Waals surface area contributed by atoms with Crippen molar-refractivity contribution in [2.24, 2.45) is 5.41 Å². The number of nitrogens with zero attached hydrogens (tertiary/aromatic N) is 8. The first-order chi connectivity index (χ1) is 20.9. The quantitative estimate of drug-likeness (QED) is 0.450. The van der Waals surface area contributed by atoms with Gasteiger partial charge in [-0.3, -0.25) is 4.79 Å². The minimum atomic E-state index is -0.997. The summed E-state index contributed by atoms with van der Waals surface area (Å²) in [6, 6.07) is 8.53. The van der Waals surface area contributed by atoms with E-state index in [-0.39, 0.29) is 11.8 Å². The van der Waals surface area contributed by atoms with E-state index in [9.17, 15) is 14.4 Å². The number of rotatable bonds is 7. The number of carbonyl (C=O) groups is 1. The van der Waals surface area contributed by atoms with E-state index in [1.165, 1.54) is 4.90 Å². The number of piperidine rings is 1. The first-order valence-electron chi connectivity index (χ1n) is 15.5. The minimum absolute atomic E-state index is 0.107. The van der Waals surface area contributed by atoms with Gasteiger partial charge in [0.25, 0.3) is 5.91 Å². The van der Waals surface area contributed by atoms with E-state index in [2.05, 4.69) is 45.4 Å². The highest BCUT2D eigenvalue weighted by atomic mass is 19.1. The maximum Gasteiger partial charge on any atom is 0.318 e. The molecule has 6 rings (SSSR count). The lowest BCUT2D eigenvalue weighted by Crippen LogP contribution is -2.55. The molecule has 3 aliphatic heterocycles. The maximum absolute atomic E-state index is 13.8. The van der Waals surface area contributed by atoms with Gasteiger partial charge in [0.2, 0.25) is 0 Å². The standard InChI is InChI=1S/C32H41FN8O2/c1-23(33)30(42)41-19-18-40(21-24(41)9-13-34)29-26-8-10-32(11-16-39(17-12-32)28-7-3-4-14-35-28)20-27(26)36-31(37-29)43-22-25-6-5-15-38(25)2/h3-4,7,14,24-25H,1,5-6,8-12,15-22H2,2H3/t24-,25-/m0/s1. The van der Waals surface area contributed by atoms with Crippen LogP contribution in [0, 0.1) is 16.7 Å². The van der Waals surface area contributed by atoms with Crippen molar-refractivity contribution >= 4 is 17.5 Å². The summed E-state index contributed by atoms with van der Waals surface area (Å²) in [6.07, 6.45) is 9.15. The number of ether oxygens (including phenoxy) is 1. The number of piperazine rings is 1. The molecule has 3 saturated heterocycles. The van der Waals surface area contributed by atoms with E-state index in [1.54, 1.807) is 0 Å². The molecule has 0 saturated carbocycles. The van der Waals surface area contributed by atoms with Crippen molar-refractivity contribution in [3.8, 4) is 12.1 Å². The van der Waals surface area contributed by atoms with Gasteiger partial charge in [0.15, 0.2) is 5.83 Å². The average molecular weight is 589 g/mol. The van der Waals surface area contributed by atoms with Gasteiger partial charge in [0.1, 0.15) is 18.2 Å². The first kappa shape index (κ1) is 29.3. The summed E-state index contributed by atoms with van der Waals surface area (Å²) in [6.45, 7) is 7.90. The van der Waals surface area contributed by atoms with Crippen LogP contribution in [0.5, 0.6) is 6.01 Å². The number of nitriles is 1. The van der Waals surface area contributed by atoms with Gasteiger partial charge in [-0.15, -0.1) is 0 Å². The Morgan fingerprint density at radius 2 is 1.98 bits per heavy atom. The molecule has 0 aromatic carbocycles. The van der Waals surface area contributed by atoms with Crippen LogP contribution in [-0.4, -0.2) is 95.7 Å². The summed E-state index contributed by atoms with van der Waals surface area (Å²) in [4.78, 5) is 35.3. The molecule has 0 unspecified atom stereocenters. The first-order valence-corrected chi connectivity index (χ1v) is 15.5. The number of hydrogen-bond acceptors (Lipinski definition) is 9. The Bertz CT molecular complexity index is 1370. The van der Waals surface area contributed by atoms with E-state index in [0.29, 0.717) is 38.3 Å². The molecular weight excluding hydrogens is 547 g/mol. The normalized spacial score (nSPS) is 23.6. The molecule has 1 spiro atoms. The number of anilines is 2. The molecule has 11 heteroatoms. The van der Waals surface area contributed by atoms with Crippen LogP contribution in [0.4, 0.5) is 16.0 Å². The molecule has 2 aromatic rings. The zero-order valence-corrected chi connectivity index (χ0v) is 25.0. The summed E-state index contributed by atoms with van der Waals surface area (Å²) in [5.41, 5.74) is 2.35. The van der Waals surface area contributed by atoms with Gasteiger partial charge in [0, 0.05) is 50.5 Å². The third kappa shape index (κ3) is 6.16. The molecule has 10 nitrogen and oxygen atoms in total. The monoisotopic (exact) mass is 588 g/mol. The summed E-state index contributed by atoms with van der Waals surface area (Å²) in [5.74, 6) is 0.123. The second kappa shape index (κ2) is 12.4. The number of pyridine rings is 1. The zero-order chi connectivity index (χ0) is 30.0. The molecule has 2 aromatic heterocycles. The summed E-state index contributed by atoms with van der Waals surface area (Å²) >= 11 is 0. The Labute approximate surface area is 253 Å². The molecule has 1 amide bonds. The van der Waals surface area contributed by atoms with Crippen LogP contribution in [0.25, 0.3) is 0 Å². The van der Waals surface area contributed by atoms with Crippen molar-refractivity contribution in [2.75, 3.05) is 62.7 Å². The van der Waals surface area contributed by atoms with Gasteiger partial charge in [-0.2, -0.15) is 15.2 Å². The van der Waals surface area contributed by atoms with Crippen LogP contribution in [0.15, 0.2) is 36.8 Å². The summed E-state index contributed by atoms with van der Waals surface area (Å²) in [5, 5.41) is 9.50. The Hall–Kier alpha value is -3.78. The topological polar surface area (TPSA) is 102 Å². The van der Waals surface area contributed by atoms with Gasteiger partial charge >= 0.3 is 6.01 Å². The van der Waals surface area contributed by atoms with E-state index in [1.807, 2.05) is 18.3 Å². The van der Waals surface area contributed by atoms with Gasteiger partial charge in [0.05, 0.1) is 24.2 Å². The molecule has 0 N–H and O–H groups in total. The van der Waals surface area contributed by atoms with Gasteiger partial charge in [-0.05, 0) is 76.1 Å². The molecule has 0 bridgehead atoms. The van der Waals surface area contributed by atoms with Crippen molar-refractivity contribution in [2.45, 2.75) is 63.5 Å². The molecule has 228 valence electrons. The molecule has 3 fully saturated rings. The Morgan fingerprint density at radius 3 is 2.67 bits per heavy atom. The highest BCUT2D eigenvalue weighted by molar-refractivity contribution is 5.91. The number of fused-ring (bicyclic) bond motifs is 1. The van der Waals surface area contributed by atoms with Gasteiger partial charge in [-0.1, -0.05) is 12.6 Å². The van der Waals surface area contributed by atoms with Crippen LogP contribution in [0.3, 0.4) is 0 Å². The smallest absolute Gasteiger partial charge is 0.318 e. The van der Waals surface area contributed by atoms with Crippen molar-refractivity contribution in [1.82, 2.24) is 24.8 Å². The lowest BCUT2D eigenvalue weighted by molar-refractivity contribution is -0.131. The maximum atomic E-state index is 13.8. The number of hydrogen-bond donors (Lipinski definition) is 0. The predicted molar refractivity (Wildman–Crippen MR) is 162 cm³/mol. The minimum Gasteiger partial charge on any atom is -0.462 e. The average Bonchev–Trinajstić information content (AvgIpc) is 3.44. The lowest BCUT2D eigenvalue weighted by Gasteiger charge is -2.46. The highest BCUT2D eigenvalue weighted by Crippen LogP contribution is 2.46. The number of carbonyl (C=O) groups excluding carboxylic acids is 1. The third-order valence-corrected chi connectivity index (χ3v) is 9.97.